The fourth-order valence-corrected chi connectivity index (χ4v) is 3.09. The second-order valence-corrected chi connectivity index (χ2v) is 5.20. The fraction of sp³-hybridized carbons (Fsp3) is 1.00. The van der Waals surface area contributed by atoms with Crippen molar-refractivity contribution in [2.45, 2.75) is 64.0 Å². The maximum Gasteiger partial charge on any atom is 0.00952 e. The maximum absolute atomic E-state index is 3.66. The third-order valence-corrected chi connectivity index (χ3v) is 4.05. The number of nitrogens with one attached hydrogen (secondary N) is 1. The van der Waals surface area contributed by atoms with Gasteiger partial charge < -0.3 is 10.2 Å². The average molecular weight is 210 g/mol. The minimum Gasteiger partial charge on any atom is -0.314 e. The molecule has 0 atom stereocenters. The van der Waals surface area contributed by atoms with Crippen LogP contribution in [0.25, 0.3) is 0 Å². The lowest BCUT2D eigenvalue weighted by molar-refractivity contribution is 0.145. The SMILES string of the molecule is CCCNC1CCN(C2CCCC2)CC1. The Hall–Kier alpha value is -0.0800. The molecular formula is C13H26N2. The minimum atomic E-state index is 0.808. The Kier molecular flexibility index (Phi) is 4.45. The zero-order valence-corrected chi connectivity index (χ0v) is 10.2. The molecule has 0 bridgehead atoms. The summed E-state index contributed by atoms with van der Waals surface area (Å²) < 4.78 is 0. The van der Waals surface area contributed by atoms with Crippen LogP contribution >= 0.6 is 0 Å². The molecule has 2 rings (SSSR count). The molecule has 0 radical (unpaired) electrons. The van der Waals surface area contributed by atoms with Crippen LogP contribution in [0.3, 0.4) is 0 Å². The third-order valence-electron chi connectivity index (χ3n) is 4.05. The highest BCUT2D eigenvalue weighted by atomic mass is 15.2. The average Bonchev–Trinajstić information content (AvgIpc) is 2.80. The quantitative estimate of drug-likeness (QED) is 0.766. The number of hydrogen-bond acceptors (Lipinski definition) is 2. The first kappa shape index (κ1) is 11.4. The Morgan fingerprint density at radius 2 is 1.73 bits per heavy atom. The van der Waals surface area contributed by atoms with E-state index in [1.165, 1.54) is 64.6 Å². The van der Waals surface area contributed by atoms with E-state index in [0.717, 1.165) is 12.1 Å². The van der Waals surface area contributed by atoms with Crippen LogP contribution in [0, 0.1) is 0 Å². The Morgan fingerprint density at radius 1 is 1.07 bits per heavy atom. The van der Waals surface area contributed by atoms with E-state index >= 15 is 0 Å². The molecular weight excluding hydrogens is 184 g/mol. The van der Waals surface area contributed by atoms with Crippen LogP contribution in [-0.4, -0.2) is 36.6 Å². The smallest absolute Gasteiger partial charge is 0.00952 e. The minimum absolute atomic E-state index is 0.808. The van der Waals surface area contributed by atoms with Gasteiger partial charge in [-0.15, -0.1) is 0 Å². The topological polar surface area (TPSA) is 15.3 Å². The Balaban J connectivity index is 1.67. The van der Waals surface area contributed by atoms with Crippen LogP contribution in [0.15, 0.2) is 0 Å². The van der Waals surface area contributed by atoms with Crippen LogP contribution in [-0.2, 0) is 0 Å². The van der Waals surface area contributed by atoms with Crippen LogP contribution in [0.5, 0.6) is 0 Å². The Bertz CT molecular complexity index is 167. The molecule has 2 nitrogen and oxygen atoms in total. The highest BCUT2D eigenvalue weighted by molar-refractivity contribution is 4.83. The lowest BCUT2D eigenvalue weighted by Gasteiger charge is -2.36. The third kappa shape index (κ3) is 3.18. The molecule has 1 aliphatic heterocycles. The molecule has 0 aromatic carbocycles. The van der Waals surface area contributed by atoms with Gasteiger partial charge in [0.15, 0.2) is 0 Å². The van der Waals surface area contributed by atoms with E-state index < -0.39 is 0 Å². The summed E-state index contributed by atoms with van der Waals surface area (Å²) in [6.07, 6.45) is 9.88. The first-order valence-electron chi connectivity index (χ1n) is 6.87. The maximum atomic E-state index is 3.66. The molecule has 1 aliphatic carbocycles. The molecule has 2 heteroatoms. The molecule has 0 aromatic heterocycles. The Labute approximate surface area is 94.4 Å². The van der Waals surface area contributed by atoms with Crippen molar-refractivity contribution in [3.05, 3.63) is 0 Å². The van der Waals surface area contributed by atoms with Crippen molar-refractivity contribution in [2.75, 3.05) is 19.6 Å². The first-order chi connectivity index (χ1) is 7.40. The van der Waals surface area contributed by atoms with Gasteiger partial charge in [-0.3, -0.25) is 0 Å². The second-order valence-electron chi connectivity index (χ2n) is 5.20. The van der Waals surface area contributed by atoms with E-state index in [-0.39, 0.29) is 0 Å². The van der Waals surface area contributed by atoms with Gasteiger partial charge in [-0.25, -0.2) is 0 Å². The summed E-state index contributed by atoms with van der Waals surface area (Å²) in [5.41, 5.74) is 0. The lowest BCUT2D eigenvalue weighted by atomic mass is 10.0. The molecule has 2 fully saturated rings. The molecule has 15 heavy (non-hydrogen) atoms. The normalized spacial score (nSPS) is 26.2. The second kappa shape index (κ2) is 5.86. The summed E-state index contributed by atoms with van der Waals surface area (Å²) in [7, 11) is 0. The van der Waals surface area contributed by atoms with Gasteiger partial charge >= 0.3 is 0 Å². The van der Waals surface area contributed by atoms with E-state index in [1.54, 1.807) is 0 Å². The van der Waals surface area contributed by atoms with Crippen molar-refractivity contribution >= 4 is 0 Å². The van der Waals surface area contributed by atoms with E-state index in [0.29, 0.717) is 0 Å². The monoisotopic (exact) mass is 210 g/mol. The number of hydrogen-bond donors (Lipinski definition) is 1. The van der Waals surface area contributed by atoms with Gasteiger partial charge in [-0.1, -0.05) is 19.8 Å². The number of nitrogens with zero attached hydrogens (tertiary/aromatic N) is 1. The summed E-state index contributed by atoms with van der Waals surface area (Å²) in [5.74, 6) is 0. The largest absolute Gasteiger partial charge is 0.314 e. The molecule has 1 N–H and O–H groups in total. The van der Waals surface area contributed by atoms with Gasteiger partial charge in [0, 0.05) is 12.1 Å². The molecule has 0 amide bonds. The van der Waals surface area contributed by atoms with E-state index in [4.69, 9.17) is 0 Å². The van der Waals surface area contributed by atoms with Gasteiger partial charge in [0.05, 0.1) is 0 Å². The van der Waals surface area contributed by atoms with Crippen LogP contribution in [0.4, 0.5) is 0 Å². The molecule has 1 saturated carbocycles. The highest BCUT2D eigenvalue weighted by Crippen LogP contribution is 2.25. The zero-order chi connectivity index (χ0) is 10.5. The van der Waals surface area contributed by atoms with Crippen molar-refractivity contribution in [3.63, 3.8) is 0 Å². The summed E-state index contributed by atoms with van der Waals surface area (Å²) in [4.78, 5) is 2.75. The molecule has 2 aliphatic rings. The summed E-state index contributed by atoms with van der Waals surface area (Å²) in [5, 5.41) is 3.66. The van der Waals surface area contributed by atoms with Gasteiger partial charge in [0.2, 0.25) is 0 Å². The zero-order valence-electron chi connectivity index (χ0n) is 10.2. The van der Waals surface area contributed by atoms with Gasteiger partial charge in [0.25, 0.3) is 0 Å². The summed E-state index contributed by atoms with van der Waals surface area (Å²) in [6.45, 7) is 6.13. The molecule has 1 saturated heterocycles. The fourth-order valence-electron chi connectivity index (χ4n) is 3.09. The van der Waals surface area contributed by atoms with Crippen molar-refractivity contribution in [3.8, 4) is 0 Å². The molecule has 0 spiro atoms. The summed E-state index contributed by atoms with van der Waals surface area (Å²) >= 11 is 0. The van der Waals surface area contributed by atoms with E-state index in [1.807, 2.05) is 0 Å². The lowest BCUT2D eigenvalue weighted by Crippen LogP contribution is -2.46. The molecule has 0 unspecified atom stereocenters. The van der Waals surface area contributed by atoms with E-state index in [9.17, 15) is 0 Å². The van der Waals surface area contributed by atoms with Crippen LogP contribution in [0.1, 0.15) is 51.9 Å². The summed E-state index contributed by atoms with van der Waals surface area (Å²) in [6, 6.07) is 1.75. The first-order valence-corrected chi connectivity index (χ1v) is 6.87. The van der Waals surface area contributed by atoms with E-state index in [2.05, 4.69) is 17.1 Å². The van der Waals surface area contributed by atoms with Crippen LogP contribution in [0.2, 0.25) is 0 Å². The number of likely N-dealkylation sites (tertiary alicyclic amines) is 1. The van der Waals surface area contributed by atoms with Crippen LogP contribution < -0.4 is 5.32 Å². The predicted octanol–water partition coefficient (Wildman–Crippen LogP) is 2.39. The van der Waals surface area contributed by atoms with Gasteiger partial charge in [0.1, 0.15) is 0 Å². The number of rotatable bonds is 4. The van der Waals surface area contributed by atoms with Crippen molar-refractivity contribution in [1.29, 1.82) is 0 Å². The molecule has 0 aromatic rings. The van der Waals surface area contributed by atoms with Crippen molar-refractivity contribution in [2.24, 2.45) is 0 Å². The van der Waals surface area contributed by atoms with Crippen molar-refractivity contribution < 1.29 is 0 Å². The van der Waals surface area contributed by atoms with Crippen molar-refractivity contribution in [1.82, 2.24) is 10.2 Å². The Morgan fingerprint density at radius 3 is 2.33 bits per heavy atom. The molecule has 88 valence electrons. The predicted molar refractivity (Wildman–Crippen MR) is 65.1 cm³/mol. The van der Waals surface area contributed by atoms with Gasteiger partial charge in [-0.05, 0) is 51.7 Å². The standard InChI is InChI=1S/C13H26N2/c1-2-9-14-12-7-10-15(11-8-12)13-5-3-4-6-13/h12-14H,2-11H2,1H3. The highest BCUT2D eigenvalue weighted by Gasteiger charge is 2.26. The number of piperidine rings is 1. The van der Waals surface area contributed by atoms with Gasteiger partial charge in [-0.2, -0.15) is 0 Å². The molecule has 1 heterocycles.